The molecule has 7 heteroatoms. The molecule has 0 spiro atoms. The van der Waals surface area contributed by atoms with Crippen molar-refractivity contribution in [2.45, 2.75) is 0 Å². The van der Waals surface area contributed by atoms with Crippen molar-refractivity contribution < 1.29 is 9.53 Å². The van der Waals surface area contributed by atoms with Crippen LogP contribution in [0.5, 0.6) is 0 Å². The monoisotopic (exact) mass is 252 g/mol. The first-order chi connectivity index (χ1) is 8.13. The second kappa shape index (κ2) is 4.42. The standard InChI is InChI=1S/C10H9ClN4O2/c1-17-10(16)9-13-5-15(14-9)7-4-2-3-6(11)8(7)12/h2-5H,12H2,1H3. The fourth-order valence-electron chi connectivity index (χ4n) is 1.29. The lowest BCUT2D eigenvalue weighted by atomic mass is 10.3. The minimum atomic E-state index is -0.607. The fraction of sp³-hybridized carbons (Fsp3) is 0.100. The van der Waals surface area contributed by atoms with Gasteiger partial charge in [-0.05, 0) is 12.1 Å². The van der Waals surface area contributed by atoms with Gasteiger partial charge in [0, 0.05) is 0 Å². The number of nitrogens with zero attached hydrogens (tertiary/aromatic N) is 3. The maximum atomic E-state index is 11.2. The van der Waals surface area contributed by atoms with Gasteiger partial charge < -0.3 is 10.5 Å². The number of carbonyl (C=O) groups is 1. The number of methoxy groups -OCH3 is 1. The van der Waals surface area contributed by atoms with E-state index in [-0.39, 0.29) is 5.82 Å². The van der Waals surface area contributed by atoms with Gasteiger partial charge in [-0.15, -0.1) is 5.10 Å². The molecule has 2 rings (SSSR count). The van der Waals surface area contributed by atoms with Crippen LogP contribution in [0.1, 0.15) is 10.6 Å². The molecule has 0 saturated heterocycles. The van der Waals surface area contributed by atoms with Crippen LogP contribution in [0.25, 0.3) is 5.69 Å². The lowest BCUT2D eigenvalue weighted by Crippen LogP contribution is -2.06. The molecule has 0 atom stereocenters. The third-order valence-electron chi connectivity index (χ3n) is 2.14. The summed E-state index contributed by atoms with van der Waals surface area (Å²) in [7, 11) is 1.26. The van der Waals surface area contributed by atoms with Crippen LogP contribution in [0.4, 0.5) is 5.69 Å². The van der Waals surface area contributed by atoms with Crippen LogP contribution in [0.3, 0.4) is 0 Å². The van der Waals surface area contributed by atoms with Gasteiger partial charge in [-0.2, -0.15) is 0 Å². The third kappa shape index (κ3) is 2.07. The van der Waals surface area contributed by atoms with E-state index in [4.69, 9.17) is 17.3 Å². The summed E-state index contributed by atoms with van der Waals surface area (Å²) in [5.41, 5.74) is 6.72. The molecule has 0 aliphatic heterocycles. The molecule has 17 heavy (non-hydrogen) atoms. The van der Waals surface area contributed by atoms with Gasteiger partial charge in [0.15, 0.2) is 0 Å². The summed E-state index contributed by atoms with van der Waals surface area (Å²) in [4.78, 5) is 15.0. The highest BCUT2D eigenvalue weighted by Crippen LogP contribution is 2.24. The fourth-order valence-corrected chi connectivity index (χ4v) is 1.46. The van der Waals surface area contributed by atoms with Crippen LogP contribution >= 0.6 is 11.6 Å². The predicted octanol–water partition coefficient (Wildman–Crippen LogP) is 1.29. The molecular weight excluding hydrogens is 244 g/mol. The predicted molar refractivity (Wildman–Crippen MR) is 62.1 cm³/mol. The number of hydrogen-bond donors (Lipinski definition) is 1. The van der Waals surface area contributed by atoms with Gasteiger partial charge in [-0.25, -0.2) is 14.5 Å². The summed E-state index contributed by atoms with van der Waals surface area (Å²) in [6, 6.07) is 5.11. The summed E-state index contributed by atoms with van der Waals surface area (Å²) in [6.07, 6.45) is 1.37. The molecular formula is C10H9ClN4O2. The van der Waals surface area contributed by atoms with Gasteiger partial charge in [0.05, 0.1) is 23.5 Å². The number of anilines is 1. The largest absolute Gasteiger partial charge is 0.463 e. The molecule has 2 aromatic rings. The molecule has 6 nitrogen and oxygen atoms in total. The number of ether oxygens (including phenoxy) is 1. The number of esters is 1. The van der Waals surface area contributed by atoms with Crippen LogP contribution in [0, 0.1) is 0 Å². The minimum Gasteiger partial charge on any atom is -0.463 e. The Morgan fingerprint density at radius 3 is 3.00 bits per heavy atom. The van der Waals surface area contributed by atoms with Gasteiger partial charge in [-0.1, -0.05) is 17.7 Å². The Bertz CT molecular complexity index is 567. The molecule has 88 valence electrons. The number of nitrogens with two attached hydrogens (primary N) is 1. The summed E-state index contributed by atoms with van der Waals surface area (Å²) in [5, 5.41) is 4.36. The van der Waals surface area contributed by atoms with E-state index in [0.717, 1.165) is 0 Å². The van der Waals surface area contributed by atoms with Crippen molar-refractivity contribution in [2.75, 3.05) is 12.8 Å². The summed E-state index contributed by atoms with van der Waals surface area (Å²) >= 11 is 5.88. The topological polar surface area (TPSA) is 83.0 Å². The van der Waals surface area contributed by atoms with E-state index in [9.17, 15) is 4.79 Å². The average Bonchev–Trinajstić information content (AvgIpc) is 2.81. The first kappa shape index (κ1) is 11.4. The number of nitrogen functional groups attached to an aromatic ring is 1. The zero-order valence-corrected chi connectivity index (χ0v) is 9.68. The van der Waals surface area contributed by atoms with E-state index in [1.165, 1.54) is 18.1 Å². The Morgan fingerprint density at radius 1 is 1.53 bits per heavy atom. The third-order valence-corrected chi connectivity index (χ3v) is 2.47. The number of carbonyl (C=O) groups excluding carboxylic acids is 1. The Kier molecular flexibility index (Phi) is 2.97. The van der Waals surface area contributed by atoms with Crippen molar-refractivity contribution in [3.05, 3.63) is 35.4 Å². The summed E-state index contributed by atoms with van der Waals surface area (Å²) < 4.78 is 5.87. The van der Waals surface area contributed by atoms with Gasteiger partial charge in [-0.3, -0.25) is 0 Å². The summed E-state index contributed by atoms with van der Waals surface area (Å²) in [6.45, 7) is 0. The molecule has 0 saturated carbocycles. The second-order valence-corrected chi connectivity index (χ2v) is 3.58. The van der Waals surface area contributed by atoms with Crippen molar-refractivity contribution in [2.24, 2.45) is 0 Å². The first-order valence-corrected chi connectivity index (χ1v) is 5.05. The Balaban J connectivity index is 2.44. The Morgan fingerprint density at radius 2 is 2.29 bits per heavy atom. The van der Waals surface area contributed by atoms with Gasteiger partial charge in [0.25, 0.3) is 5.82 Å². The molecule has 1 aromatic heterocycles. The lowest BCUT2D eigenvalue weighted by molar-refractivity contribution is 0.0587. The minimum absolute atomic E-state index is 0.0353. The number of halogens is 1. The molecule has 0 radical (unpaired) electrons. The molecule has 0 unspecified atom stereocenters. The molecule has 0 bridgehead atoms. The number of aromatic nitrogens is 3. The van der Waals surface area contributed by atoms with Crippen LogP contribution < -0.4 is 5.73 Å². The van der Waals surface area contributed by atoms with Crippen LogP contribution in [-0.4, -0.2) is 27.8 Å². The molecule has 0 aliphatic carbocycles. The van der Waals surface area contributed by atoms with Gasteiger partial charge in [0.1, 0.15) is 6.33 Å². The maximum absolute atomic E-state index is 11.2. The van der Waals surface area contributed by atoms with Crippen molar-refractivity contribution in [3.8, 4) is 5.69 Å². The van der Waals surface area contributed by atoms with Gasteiger partial charge in [0.2, 0.25) is 0 Å². The molecule has 0 fully saturated rings. The zero-order valence-electron chi connectivity index (χ0n) is 8.92. The zero-order chi connectivity index (χ0) is 12.4. The quantitative estimate of drug-likeness (QED) is 0.643. The van der Waals surface area contributed by atoms with E-state index in [2.05, 4.69) is 14.8 Å². The number of benzene rings is 1. The van der Waals surface area contributed by atoms with Crippen LogP contribution in [-0.2, 0) is 4.74 Å². The van der Waals surface area contributed by atoms with E-state index in [1.807, 2.05) is 0 Å². The number of hydrogen-bond acceptors (Lipinski definition) is 5. The van der Waals surface area contributed by atoms with Crippen LogP contribution in [0.15, 0.2) is 24.5 Å². The van der Waals surface area contributed by atoms with Crippen molar-refractivity contribution in [3.63, 3.8) is 0 Å². The first-order valence-electron chi connectivity index (χ1n) is 4.68. The van der Waals surface area contributed by atoms with Crippen LogP contribution in [0.2, 0.25) is 5.02 Å². The highest BCUT2D eigenvalue weighted by molar-refractivity contribution is 6.33. The molecule has 1 heterocycles. The smallest absolute Gasteiger partial charge is 0.377 e. The van der Waals surface area contributed by atoms with Gasteiger partial charge >= 0.3 is 5.97 Å². The maximum Gasteiger partial charge on any atom is 0.377 e. The second-order valence-electron chi connectivity index (χ2n) is 3.18. The lowest BCUT2D eigenvalue weighted by Gasteiger charge is -2.05. The molecule has 0 aliphatic rings. The van der Waals surface area contributed by atoms with E-state index < -0.39 is 5.97 Å². The molecule has 0 amide bonds. The number of rotatable bonds is 2. The molecule has 1 aromatic carbocycles. The Labute approximate surface area is 102 Å². The Hall–Kier alpha value is -2.08. The van der Waals surface area contributed by atoms with Crippen molar-refractivity contribution in [1.29, 1.82) is 0 Å². The number of para-hydroxylation sites is 1. The SMILES string of the molecule is COC(=O)c1ncn(-c2cccc(Cl)c2N)n1. The average molecular weight is 253 g/mol. The van der Waals surface area contributed by atoms with Crippen molar-refractivity contribution in [1.82, 2.24) is 14.8 Å². The highest BCUT2D eigenvalue weighted by atomic mass is 35.5. The van der Waals surface area contributed by atoms with E-state index >= 15 is 0 Å². The molecule has 2 N–H and O–H groups in total. The highest BCUT2D eigenvalue weighted by Gasteiger charge is 2.13. The van der Waals surface area contributed by atoms with E-state index in [1.54, 1.807) is 18.2 Å². The van der Waals surface area contributed by atoms with E-state index in [0.29, 0.717) is 16.4 Å². The summed E-state index contributed by atoms with van der Waals surface area (Å²) in [5.74, 6) is -0.642. The van der Waals surface area contributed by atoms with Crippen molar-refractivity contribution >= 4 is 23.3 Å². The normalized spacial score (nSPS) is 10.2.